The molecule has 1 heterocycles. The maximum absolute atomic E-state index is 12.0. The van der Waals surface area contributed by atoms with Crippen molar-refractivity contribution in [2.75, 3.05) is 0 Å². The van der Waals surface area contributed by atoms with E-state index >= 15 is 0 Å². The van der Waals surface area contributed by atoms with Crippen LogP contribution in [-0.2, 0) is 22.6 Å². The molecule has 0 atom stereocenters. The van der Waals surface area contributed by atoms with Gasteiger partial charge in [-0.05, 0) is 24.6 Å². The van der Waals surface area contributed by atoms with Crippen molar-refractivity contribution in [2.24, 2.45) is 7.05 Å². The monoisotopic (exact) mass is 327 g/mol. The molecule has 0 bridgehead atoms. The Kier molecular flexibility index (Phi) is 4.34. The molecule has 0 fully saturated rings. The zero-order chi connectivity index (χ0) is 15.6. The molecular weight excluding hydrogens is 314 g/mol. The smallest absolute Gasteiger partial charge is 0.261 e. The molecule has 112 valence electrons. The summed E-state index contributed by atoms with van der Waals surface area (Å²) in [7, 11) is 3.27. The average molecular weight is 328 g/mol. The summed E-state index contributed by atoms with van der Waals surface area (Å²) in [6, 6.07) is 6.01. The van der Waals surface area contributed by atoms with Gasteiger partial charge in [0.25, 0.3) is 15.0 Å². The van der Waals surface area contributed by atoms with Crippen LogP contribution in [0.15, 0.2) is 35.4 Å². The van der Waals surface area contributed by atoms with E-state index in [2.05, 4.69) is 10.4 Å². The molecule has 21 heavy (non-hydrogen) atoms. The minimum Gasteiger partial charge on any atom is -0.348 e. The molecule has 1 amide bonds. The van der Waals surface area contributed by atoms with Crippen molar-refractivity contribution in [1.82, 2.24) is 15.1 Å². The lowest BCUT2D eigenvalue weighted by molar-refractivity contribution is 0.0950. The maximum Gasteiger partial charge on any atom is 0.261 e. The lowest BCUT2D eigenvalue weighted by Gasteiger charge is -2.05. The molecule has 1 aromatic carbocycles. The number of rotatable bonds is 4. The van der Waals surface area contributed by atoms with Crippen LogP contribution in [0.25, 0.3) is 0 Å². The number of benzene rings is 1. The highest BCUT2D eigenvalue weighted by atomic mass is 35.7. The first-order valence-corrected chi connectivity index (χ1v) is 8.40. The van der Waals surface area contributed by atoms with Crippen LogP contribution in [0, 0.1) is 6.92 Å². The second-order valence-electron chi connectivity index (χ2n) is 4.53. The third-order valence-electron chi connectivity index (χ3n) is 3.14. The summed E-state index contributed by atoms with van der Waals surface area (Å²) < 4.78 is 23.9. The van der Waals surface area contributed by atoms with Crippen molar-refractivity contribution in [1.29, 1.82) is 0 Å². The Morgan fingerprint density at radius 2 is 1.95 bits per heavy atom. The molecule has 0 aliphatic rings. The average Bonchev–Trinajstić information content (AvgIpc) is 2.76. The largest absolute Gasteiger partial charge is 0.348 e. The van der Waals surface area contributed by atoms with Gasteiger partial charge in [0.05, 0.1) is 16.7 Å². The van der Waals surface area contributed by atoms with E-state index in [1.165, 1.54) is 18.3 Å². The summed E-state index contributed by atoms with van der Waals surface area (Å²) in [5.74, 6) is -0.227. The maximum atomic E-state index is 12.0. The molecule has 0 aliphatic carbocycles. The van der Waals surface area contributed by atoms with Gasteiger partial charge in [-0.3, -0.25) is 9.48 Å². The Morgan fingerprint density at radius 1 is 1.33 bits per heavy atom. The zero-order valence-corrected chi connectivity index (χ0v) is 13.1. The number of carbonyl (C=O) groups excluding carboxylic acids is 1. The van der Waals surface area contributed by atoms with Crippen LogP contribution >= 0.6 is 10.7 Å². The van der Waals surface area contributed by atoms with Gasteiger partial charge in [0.2, 0.25) is 0 Å². The molecule has 2 rings (SSSR count). The van der Waals surface area contributed by atoms with Crippen LogP contribution < -0.4 is 5.32 Å². The quantitative estimate of drug-likeness (QED) is 0.865. The normalized spacial score (nSPS) is 11.4. The number of nitrogens with one attached hydrogen (secondary N) is 1. The fourth-order valence-electron chi connectivity index (χ4n) is 1.77. The van der Waals surface area contributed by atoms with E-state index in [1.54, 1.807) is 23.9 Å². The minimum absolute atomic E-state index is 0.0300. The number of nitrogens with zero attached hydrogens (tertiary/aromatic N) is 2. The standard InChI is InChI=1S/C13H14ClN3O3S/c1-9-12(8-16-17(9)2)13(18)15-7-10-3-5-11(6-4-10)21(14,19)20/h3-6,8H,7H2,1-2H3,(H,15,18). The van der Waals surface area contributed by atoms with Crippen LogP contribution in [0.2, 0.25) is 0 Å². The molecule has 0 saturated carbocycles. The summed E-state index contributed by atoms with van der Waals surface area (Å²) in [6.45, 7) is 2.10. The molecule has 0 saturated heterocycles. The van der Waals surface area contributed by atoms with Gasteiger partial charge in [-0.25, -0.2) is 8.42 Å². The van der Waals surface area contributed by atoms with Gasteiger partial charge in [0, 0.05) is 30.0 Å². The van der Waals surface area contributed by atoms with Crippen molar-refractivity contribution < 1.29 is 13.2 Å². The first kappa shape index (κ1) is 15.5. The first-order chi connectivity index (χ1) is 9.79. The molecule has 2 aromatic rings. The predicted molar refractivity (Wildman–Crippen MR) is 78.6 cm³/mol. The van der Waals surface area contributed by atoms with Gasteiger partial charge in [0.1, 0.15) is 0 Å². The van der Waals surface area contributed by atoms with E-state index in [4.69, 9.17) is 10.7 Å². The third-order valence-corrected chi connectivity index (χ3v) is 4.51. The van der Waals surface area contributed by atoms with Crippen molar-refractivity contribution >= 4 is 25.6 Å². The molecule has 6 nitrogen and oxygen atoms in total. The highest BCUT2D eigenvalue weighted by Gasteiger charge is 2.13. The fraction of sp³-hybridized carbons (Fsp3) is 0.231. The molecule has 0 unspecified atom stereocenters. The van der Waals surface area contributed by atoms with Crippen molar-refractivity contribution in [2.45, 2.75) is 18.4 Å². The number of aryl methyl sites for hydroxylation is 1. The number of hydrogen-bond acceptors (Lipinski definition) is 4. The fourth-order valence-corrected chi connectivity index (χ4v) is 2.54. The van der Waals surface area contributed by atoms with E-state index < -0.39 is 9.05 Å². The minimum atomic E-state index is -3.72. The molecule has 1 aromatic heterocycles. The second-order valence-corrected chi connectivity index (χ2v) is 7.10. The molecule has 0 radical (unpaired) electrons. The first-order valence-electron chi connectivity index (χ1n) is 6.09. The van der Waals surface area contributed by atoms with Crippen LogP contribution in [0.5, 0.6) is 0 Å². The highest BCUT2D eigenvalue weighted by Crippen LogP contribution is 2.15. The lowest BCUT2D eigenvalue weighted by Crippen LogP contribution is -2.23. The summed E-state index contributed by atoms with van der Waals surface area (Å²) in [5.41, 5.74) is 2.06. The van der Waals surface area contributed by atoms with Gasteiger partial charge in [-0.1, -0.05) is 12.1 Å². The van der Waals surface area contributed by atoms with Crippen molar-refractivity contribution in [3.05, 3.63) is 47.3 Å². The molecular formula is C13H14ClN3O3S. The molecule has 1 N–H and O–H groups in total. The summed E-state index contributed by atoms with van der Waals surface area (Å²) in [5, 5.41) is 6.76. The molecule has 0 aliphatic heterocycles. The third kappa shape index (κ3) is 3.62. The lowest BCUT2D eigenvalue weighted by atomic mass is 10.2. The van der Waals surface area contributed by atoms with E-state index in [-0.39, 0.29) is 17.3 Å². The van der Waals surface area contributed by atoms with Gasteiger partial charge in [-0.15, -0.1) is 0 Å². The van der Waals surface area contributed by atoms with Gasteiger partial charge < -0.3 is 5.32 Å². The van der Waals surface area contributed by atoms with E-state index in [0.717, 1.165) is 11.3 Å². The Bertz CT molecular complexity index is 766. The van der Waals surface area contributed by atoms with Crippen molar-refractivity contribution in [3.63, 3.8) is 0 Å². The van der Waals surface area contributed by atoms with Crippen LogP contribution in [-0.4, -0.2) is 24.1 Å². The van der Waals surface area contributed by atoms with Gasteiger partial charge in [-0.2, -0.15) is 5.10 Å². The molecule has 0 spiro atoms. The van der Waals surface area contributed by atoms with Crippen LogP contribution in [0.3, 0.4) is 0 Å². The summed E-state index contributed by atoms with van der Waals surface area (Å²) in [4.78, 5) is 12.0. The molecule has 8 heteroatoms. The van der Waals surface area contributed by atoms with Gasteiger partial charge in [0.15, 0.2) is 0 Å². The topological polar surface area (TPSA) is 81.1 Å². The number of halogens is 1. The Morgan fingerprint density at radius 3 is 2.43 bits per heavy atom. The second kappa shape index (κ2) is 5.87. The van der Waals surface area contributed by atoms with Crippen LogP contribution in [0.1, 0.15) is 21.6 Å². The van der Waals surface area contributed by atoms with E-state index in [9.17, 15) is 13.2 Å². The SMILES string of the molecule is Cc1c(C(=O)NCc2ccc(S(=O)(=O)Cl)cc2)cnn1C. The highest BCUT2D eigenvalue weighted by molar-refractivity contribution is 8.13. The summed E-state index contributed by atoms with van der Waals surface area (Å²) >= 11 is 0. The van der Waals surface area contributed by atoms with E-state index in [1.807, 2.05) is 6.92 Å². The number of carbonyl (C=O) groups is 1. The van der Waals surface area contributed by atoms with Crippen LogP contribution in [0.4, 0.5) is 0 Å². The van der Waals surface area contributed by atoms with Crippen molar-refractivity contribution in [3.8, 4) is 0 Å². The Labute approximate surface area is 127 Å². The summed E-state index contributed by atoms with van der Waals surface area (Å²) in [6.07, 6.45) is 1.51. The van der Waals surface area contributed by atoms with E-state index in [0.29, 0.717) is 5.56 Å². The number of amides is 1. The Balaban J connectivity index is 2.03. The number of aromatic nitrogens is 2. The number of hydrogen-bond donors (Lipinski definition) is 1. The zero-order valence-electron chi connectivity index (χ0n) is 11.5. The van der Waals surface area contributed by atoms with Gasteiger partial charge >= 0.3 is 0 Å². The Hall–Kier alpha value is -1.86. The predicted octanol–water partition coefficient (Wildman–Crippen LogP) is 1.59.